The van der Waals surface area contributed by atoms with E-state index in [9.17, 15) is 0 Å². The molecule has 1 aliphatic heterocycles. The third-order valence-electron chi connectivity index (χ3n) is 1.55. The summed E-state index contributed by atoms with van der Waals surface area (Å²) in [6.07, 6.45) is 5.74. The Hall–Kier alpha value is -1.88. The zero-order valence-corrected chi connectivity index (χ0v) is 8.00. The van der Waals surface area contributed by atoms with Crippen molar-refractivity contribution in [2.24, 2.45) is 0 Å². The minimum absolute atomic E-state index is 0.158. The summed E-state index contributed by atoms with van der Waals surface area (Å²) in [6.45, 7) is 5.36. The van der Waals surface area contributed by atoms with E-state index in [0.717, 1.165) is 0 Å². The summed E-state index contributed by atoms with van der Waals surface area (Å²) >= 11 is 0. The van der Waals surface area contributed by atoms with Gasteiger partial charge in [0.1, 0.15) is 12.2 Å². The van der Waals surface area contributed by atoms with E-state index in [2.05, 4.69) is 42.1 Å². The lowest BCUT2D eigenvalue weighted by Gasteiger charge is -1.71. The number of epoxide rings is 1. The number of allylic oxidation sites excluding steroid dienone is 1. The molecule has 1 rings (SSSR count). The Bertz CT molecular complexity index is 409. The summed E-state index contributed by atoms with van der Waals surface area (Å²) < 4.78 is 5.18. The highest BCUT2D eigenvalue weighted by atomic mass is 16.6. The van der Waals surface area contributed by atoms with Gasteiger partial charge < -0.3 is 4.74 Å². The summed E-state index contributed by atoms with van der Waals surface area (Å²) in [5, 5.41) is 0. The van der Waals surface area contributed by atoms with Gasteiger partial charge in [-0.1, -0.05) is 17.9 Å². The second-order valence-electron chi connectivity index (χ2n) is 2.55. The first-order valence-electron chi connectivity index (χ1n) is 4.25. The van der Waals surface area contributed by atoms with Crippen molar-refractivity contribution in [2.75, 3.05) is 0 Å². The Morgan fingerprint density at radius 3 is 2.57 bits per heavy atom. The van der Waals surface area contributed by atoms with E-state index in [1.54, 1.807) is 19.1 Å². The molecule has 14 heavy (non-hydrogen) atoms. The summed E-state index contributed by atoms with van der Waals surface area (Å²) in [4.78, 5) is 0. The first-order chi connectivity index (χ1) is 6.88. The second-order valence-corrected chi connectivity index (χ2v) is 2.55. The van der Waals surface area contributed by atoms with E-state index in [1.165, 1.54) is 0 Å². The Morgan fingerprint density at radius 2 is 1.93 bits per heavy atom. The SMILES string of the molecule is C=C[C@H]1O[C@@H]1/C=C/C#CC#CC#CC. The molecule has 0 saturated carbocycles. The maximum absolute atomic E-state index is 5.18. The van der Waals surface area contributed by atoms with Gasteiger partial charge in [-0.05, 0) is 42.8 Å². The predicted octanol–water partition coefficient (Wildman–Crippen LogP) is 1.53. The van der Waals surface area contributed by atoms with Crippen LogP contribution >= 0.6 is 0 Å². The van der Waals surface area contributed by atoms with Gasteiger partial charge in [-0.3, -0.25) is 0 Å². The largest absolute Gasteiger partial charge is 0.361 e. The van der Waals surface area contributed by atoms with Crippen LogP contribution in [0.1, 0.15) is 6.92 Å². The van der Waals surface area contributed by atoms with Crippen molar-refractivity contribution in [2.45, 2.75) is 19.1 Å². The Balaban J connectivity index is 2.29. The number of rotatable bonds is 2. The molecule has 1 heteroatoms. The fraction of sp³-hybridized carbons (Fsp3) is 0.231. The van der Waals surface area contributed by atoms with Gasteiger partial charge in [0.05, 0.1) is 0 Å². The molecule has 1 fully saturated rings. The number of hydrogen-bond donors (Lipinski definition) is 0. The maximum Gasteiger partial charge on any atom is 0.107 e. The second kappa shape index (κ2) is 5.71. The molecule has 0 amide bonds. The van der Waals surface area contributed by atoms with Gasteiger partial charge in [0.25, 0.3) is 0 Å². The zero-order chi connectivity index (χ0) is 10.2. The van der Waals surface area contributed by atoms with Crippen LogP contribution in [0.4, 0.5) is 0 Å². The molecule has 0 radical (unpaired) electrons. The van der Waals surface area contributed by atoms with E-state index >= 15 is 0 Å². The van der Waals surface area contributed by atoms with Crippen LogP contribution in [0.3, 0.4) is 0 Å². The van der Waals surface area contributed by atoms with E-state index in [4.69, 9.17) is 4.74 Å². The normalized spacial score (nSPS) is 22.1. The molecule has 0 unspecified atom stereocenters. The van der Waals surface area contributed by atoms with Gasteiger partial charge >= 0.3 is 0 Å². The molecule has 2 atom stereocenters. The van der Waals surface area contributed by atoms with Crippen molar-refractivity contribution in [3.63, 3.8) is 0 Å². The average molecular weight is 182 g/mol. The molecule has 1 heterocycles. The van der Waals surface area contributed by atoms with Gasteiger partial charge in [0, 0.05) is 0 Å². The van der Waals surface area contributed by atoms with Gasteiger partial charge in [-0.15, -0.1) is 6.58 Å². The fourth-order valence-electron chi connectivity index (χ4n) is 0.826. The smallest absolute Gasteiger partial charge is 0.107 e. The van der Waals surface area contributed by atoms with Crippen molar-refractivity contribution in [3.05, 3.63) is 24.8 Å². The highest BCUT2D eigenvalue weighted by molar-refractivity contribution is 5.37. The Kier molecular flexibility index (Phi) is 4.16. The van der Waals surface area contributed by atoms with E-state index in [-0.39, 0.29) is 12.2 Å². The van der Waals surface area contributed by atoms with Gasteiger partial charge in [0.15, 0.2) is 0 Å². The van der Waals surface area contributed by atoms with Crippen molar-refractivity contribution in [3.8, 4) is 35.5 Å². The van der Waals surface area contributed by atoms with Crippen LogP contribution in [0.15, 0.2) is 24.8 Å². The molecule has 1 nitrogen and oxygen atoms in total. The molecule has 0 aromatic rings. The van der Waals surface area contributed by atoms with Crippen LogP contribution < -0.4 is 0 Å². The molecule has 0 N–H and O–H groups in total. The quantitative estimate of drug-likeness (QED) is 0.358. The van der Waals surface area contributed by atoms with Crippen molar-refractivity contribution in [1.82, 2.24) is 0 Å². The summed E-state index contributed by atoms with van der Waals surface area (Å²) in [5.41, 5.74) is 0. The average Bonchev–Trinajstić information content (AvgIpc) is 2.95. The molecule has 0 aliphatic carbocycles. The molecule has 1 aliphatic rings. The van der Waals surface area contributed by atoms with Crippen LogP contribution in [0.2, 0.25) is 0 Å². The standard InChI is InChI=1S/C13H10O/c1-3-5-6-7-8-9-10-11-13-12(4-2)14-13/h4,10-13H,2H2,1H3/b11-10+/t12-,13-/m1/s1. The number of hydrogen-bond acceptors (Lipinski definition) is 1. The van der Waals surface area contributed by atoms with Crippen LogP contribution in [0, 0.1) is 35.5 Å². The Morgan fingerprint density at radius 1 is 1.14 bits per heavy atom. The highest BCUT2D eigenvalue weighted by Gasteiger charge is 2.32. The lowest BCUT2D eigenvalue weighted by molar-refractivity contribution is 0.413. The third-order valence-corrected chi connectivity index (χ3v) is 1.55. The predicted molar refractivity (Wildman–Crippen MR) is 57.0 cm³/mol. The molecule has 0 spiro atoms. The monoisotopic (exact) mass is 182 g/mol. The minimum atomic E-state index is 0.158. The van der Waals surface area contributed by atoms with Crippen molar-refractivity contribution >= 4 is 0 Å². The number of ether oxygens (including phenoxy) is 1. The lowest BCUT2D eigenvalue weighted by atomic mass is 10.3. The topological polar surface area (TPSA) is 12.5 Å². The highest BCUT2D eigenvalue weighted by Crippen LogP contribution is 2.23. The summed E-state index contributed by atoms with van der Waals surface area (Å²) in [6, 6.07) is 0. The molecule has 0 aromatic carbocycles. The maximum atomic E-state index is 5.18. The van der Waals surface area contributed by atoms with Crippen LogP contribution in [0.25, 0.3) is 0 Å². The van der Waals surface area contributed by atoms with Crippen LogP contribution in [-0.4, -0.2) is 12.2 Å². The van der Waals surface area contributed by atoms with Crippen molar-refractivity contribution < 1.29 is 4.74 Å². The lowest BCUT2D eigenvalue weighted by Crippen LogP contribution is -1.81. The minimum Gasteiger partial charge on any atom is -0.361 e. The summed E-state index contributed by atoms with van der Waals surface area (Å²) in [7, 11) is 0. The Labute approximate surface area is 84.8 Å². The summed E-state index contributed by atoms with van der Waals surface area (Å²) in [5.74, 6) is 15.9. The van der Waals surface area contributed by atoms with Crippen LogP contribution in [0.5, 0.6) is 0 Å². The molecule has 0 aromatic heterocycles. The first kappa shape index (κ1) is 10.2. The molecular formula is C13H10O. The van der Waals surface area contributed by atoms with E-state index in [1.807, 2.05) is 6.08 Å². The van der Waals surface area contributed by atoms with E-state index in [0.29, 0.717) is 0 Å². The molecular weight excluding hydrogens is 172 g/mol. The fourth-order valence-corrected chi connectivity index (χ4v) is 0.826. The molecule has 1 saturated heterocycles. The van der Waals surface area contributed by atoms with Gasteiger partial charge in [-0.25, -0.2) is 0 Å². The van der Waals surface area contributed by atoms with Gasteiger partial charge in [-0.2, -0.15) is 0 Å². The molecule has 68 valence electrons. The zero-order valence-electron chi connectivity index (χ0n) is 8.00. The first-order valence-corrected chi connectivity index (χ1v) is 4.25. The third kappa shape index (κ3) is 3.68. The molecule has 0 bridgehead atoms. The van der Waals surface area contributed by atoms with Gasteiger partial charge in [0.2, 0.25) is 0 Å². The van der Waals surface area contributed by atoms with Crippen molar-refractivity contribution in [1.29, 1.82) is 0 Å². The van der Waals surface area contributed by atoms with E-state index < -0.39 is 0 Å². The van der Waals surface area contributed by atoms with Crippen LogP contribution in [-0.2, 0) is 4.74 Å².